The van der Waals surface area contributed by atoms with Crippen LogP contribution in [0, 0.1) is 18.8 Å². The van der Waals surface area contributed by atoms with E-state index in [1.807, 2.05) is 36.9 Å². The van der Waals surface area contributed by atoms with Gasteiger partial charge >= 0.3 is 11.9 Å². The van der Waals surface area contributed by atoms with Crippen molar-refractivity contribution in [2.45, 2.75) is 69.6 Å². The van der Waals surface area contributed by atoms with Crippen molar-refractivity contribution in [1.82, 2.24) is 4.90 Å². The van der Waals surface area contributed by atoms with Crippen LogP contribution in [0.3, 0.4) is 0 Å². The van der Waals surface area contributed by atoms with E-state index in [4.69, 9.17) is 0 Å². The van der Waals surface area contributed by atoms with Gasteiger partial charge in [0.05, 0.1) is 4.75 Å². The van der Waals surface area contributed by atoms with Gasteiger partial charge in [-0.3, -0.25) is 4.79 Å². The number of nitroso groups, excluding NO2 is 1. The number of benzene rings is 2. The Kier molecular flexibility index (Phi) is 7.39. The van der Waals surface area contributed by atoms with Gasteiger partial charge in [-0.1, -0.05) is 19.1 Å². The molecule has 0 heterocycles. The normalized spacial score (nSPS) is 15.2. The molecule has 1 aliphatic carbocycles. The number of nitrogens with zero attached hydrogens (tertiary/aromatic N) is 2. The molecule has 7 heteroatoms. The number of amides is 3. The molecule has 0 spiro atoms. The molecule has 3 rings (SSSR count). The molecule has 0 bridgehead atoms. The van der Waals surface area contributed by atoms with Gasteiger partial charge in [-0.15, -0.1) is 16.7 Å². The Bertz CT molecular complexity index is 1010. The molecule has 1 unspecified atom stereocenters. The van der Waals surface area contributed by atoms with Crippen LogP contribution < -0.4 is 5.32 Å². The van der Waals surface area contributed by atoms with Crippen molar-refractivity contribution in [2.75, 3.05) is 11.9 Å². The minimum atomic E-state index is -0.909. The van der Waals surface area contributed by atoms with E-state index in [-0.39, 0.29) is 12.1 Å². The number of urea groups is 1. The van der Waals surface area contributed by atoms with E-state index in [0.717, 1.165) is 41.0 Å². The number of thioether (sulfide) groups is 1. The minimum absolute atomic E-state index is 0.0759. The summed E-state index contributed by atoms with van der Waals surface area (Å²) in [7, 11) is 0. The number of fused-ring (bicyclic) bond motifs is 1. The Hall–Kier alpha value is -2.67. The van der Waals surface area contributed by atoms with Crippen LogP contribution in [0.2, 0.25) is 0 Å². The Morgan fingerprint density at radius 3 is 2.38 bits per heavy atom. The number of nitrogens with one attached hydrogen (secondary N) is 1. The average molecular weight is 454 g/mol. The fourth-order valence-corrected chi connectivity index (χ4v) is 5.29. The van der Waals surface area contributed by atoms with E-state index < -0.39 is 10.7 Å². The summed E-state index contributed by atoms with van der Waals surface area (Å²) in [6, 6.07) is 12.2. The molecule has 1 N–H and O–H groups in total. The zero-order valence-electron chi connectivity index (χ0n) is 19.4. The monoisotopic (exact) mass is 453 g/mol. The van der Waals surface area contributed by atoms with Gasteiger partial charge in [0.25, 0.3) is 0 Å². The average Bonchev–Trinajstić information content (AvgIpc) is 3.12. The molecule has 0 aromatic heterocycles. The zero-order chi connectivity index (χ0) is 23.5. The van der Waals surface area contributed by atoms with Gasteiger partial charge in [0.2, 0.25) is 0 Å². The lowest BCUT2D eigenvalue weighted by atomic mass is 10.1. The predicted molar refractivity (Wildman–Crippen MR) is 130 cm³/mol. The summed E-state index contributed by atoms with van der Waals surface area (Å²) in [6.45, 7) is 10.2. The van der Waals surface area contributed by atoms with Crippen molar-refractivity contribution in [3.63, 3.8) is 0 Å². The fraction of sp³-hybridized carbons (Fsp3) is 0.440. The maximum absolute atomic E-state index is 13.2. The van der Waals surface area contributed by atoms with Crippen molar-refractivity contribution in [3.05, 3.63) is 63.6 Å². The van der Waals surface area contributed by atoms with Crippen LogP contribution in [0.5, 0.6) is 0 Å². The third-order valence-electron chi connectivity index (χ3n) is 5.70. The second kappa shape index (κ2) is 9.86. The summed E-state index contributed by atoms with van der Waals surface area (Å²) in [4.78, 5) is 38.5. The van der Waals surface area contributed by atoms with E-state index in [1.165, 1.54) is 22.9 Å². The van der Waals surface area contributed by atoms with Crippen LogP contribution in [0.4, 0.5) is 10.5 Å². The number of hydrogen-bond acceptors (Lipinski definition) is 4. The highest BCUT2D eigenvalue weighted by atomic mass is 32.2. The van der Waals surface area contributed by atoms with E-state index in [9.17, 15) is 14.5 Å². The molecule has 0 radical (unpaired) electrons. The van der Waals surface area contributed by atoms with Gasteiger partial charge in [0.1, 0.15) is 0 Å². The summed E-state index contributed by atoms with van der Waals surface area (Å²) in [5.41, 5.74) is 5.46. The molecule has 170 valence electrons. The molecule has 0 saturated carbocycles. The molecule has 1 aliphatic rings. The first-order valence-corrected chi connectivity index (χ1v) is 11.8. The van der Waals surface area contributed by atoms with Crippen LogP contribution in [0.25, 0.3) is 0 Å². The van der Waals surface area contributed by atoms with Crippen molar-refractivity contribution in [3.8, 4) is 0 Å². The molecule has 0 saturated heterocycles. The van der Waals surface area contributed by atoms with E-state index in [2.05, 4.69) is 35.6 Å². The highest BCUT2D eigenvalue weighted by Gasteiger charge is 2.32. The quantitative estimate of drug-likeness (QED) is 0.419. The molecule has 3 amide bonds. The first-order valence-electron chi connectivity index (χ1n) is 11.0. The van der Waals surface area contributed by atoms with Gasteiger partial charge in [-0.25, -0.2) is 4.79 Å². The minimum Gasteiger partial charge on any atom is -0.321 e. The van der Waals surface area contributed by atoms with E-state index in [0.29, 0.717) is 6.54 Å². The molecule has 6 nitrogen and oxygen atoms in total. The molecule has 2 aromatic rings. The lowest BCUT2D eigenvalue weighted by Crippen LogP contribution is -2.44. The molecule has 0 fully saturated rings. The SMILES string of the molecule is CCCN(C(=O)Nc1cc(C)cc(C)c1)C1Cc2ccc(SC(C)(C)C(=O)N=O)cc2C1. The second-order valence-corrected chi connectivity index (χ2v) is 10.7. The van der Waals surface area contributed by atoms with Gasteiger partial charge in [-0.05, 0) is 93.5 Å². The second-order valence-electron chi connectivity index (χ2n) is 9.00. The van der Waals surface area contributed by atoms with E-state index in [1.54, 1.807) is 13.8 Å². The van der Waals surface area contributed by atoms with Crippen molar-refractivity contribution in [1.29, 1.82) is 0 Å². The summed E-state index contributed by atoms with van der Waals surface area (Å²) < 4.78 is -0.909. The Labute approximate surface area is 194 Å². The number of anilines is 1. The Morgan fingerprint density at radius 1 is 1.09 bits per heavy atom. The number of rotatable bonds is 7. The third kappa shape index (κ3) is 5.57. The fourth-order valence-electron chi connectivity index (χ4n) is 4.24. The van der Waals surface area contributed by atoms with Gasteiger partial charge in [0.15, 0.2) is 0 Å². The molecular weight excluding hydrogens is 422 g/mol. The van der Waals surface area contributed by atoms with E-state index >= 15 is 0 Å². The summed E-state index contributed by atoms with van der Waals surface area (Å²) in [6.07, 6.45) is 2.45. The first-order chi connectivity index (χ1) is 15.1. The maximum Gasteiger partial charge on any atom is 0.322 e. The molecule has 2 aromatic carbocycles. The lowest BCUT2D eigenvalue weighted by molar-refractivity contribution is -0.119. The van der Waals surface area contributed by atoms with Gasteiger partial charge < -0.3 is 10.2 Å². The van der Waals surface area contributed by atoms with Crippen LogP contribution in [0.15, 0.2) is 46.5 Å². The summed E-state index contributed by atoms with van der Waals surface area (Å²) in [5.74, 6) is -0.668. The summed E-state index contributed by atoms with van der Waals surface area (Å²) in [5, 5.41) is 5.67. The van der Waals surface area contributed by atoms with Crippen LogP contribution >= 0.6 is 11.8 Å². The number of hydrogen-bond donors (Lipinski definition) is 1. The standard InChI is InChI=1S/C25H31N3O3S/c1-6-9-28(24(30)26-20-11-16(2)10-17(3)12-20)21-13-18-7-8-22(15-19(18)14-21)32-25(4,5)23(29)27-31/h7-8,10-12,15,21H,6,9,13-14H2,1-5H3,(H,26,30). The van der Waals surface area contributed by atoms with Crippen LogP contribution in [-0.4, -0.2) is 34.2 Å². The summed E-state index contributed by atoms with van der Waals surface area (Å²) >= 11 is 1.34. The van der Waals surface area contributed by atoms with Crippen molar-refractivity contribution in [2.24, 2.45) is 5.18 Å². The zero-order valence-corrected chi connectivity index (χ0v) is 20.2. The lowest BCUT2D eigenvalue weighted by Gasteiger charge is -2.29. The van der Waals surface area contributed by atoms with Crippen LogP contribution in [0.1, 0.15) is 49.4 Å². The topological polar surface area (TPSA) is 78.8 Å². The highest BCUT2D eigenvalue weighted by molar-refractivity contribution is 8.01. The molecule has 1 atom stereocenters. The third-order valence-corrected chi connectivity index (χ3v) is 6.87. The van der Waals surface area contributed by atoms with Crippen molar-refractivity contribution >= 4 is 29.4 Å². The number of carbonyl (C=O) groups is 2. The largest absolute Gasteiger partial charge is 0.322 e. The number of carbonyl (C=O) groups excluding carboxylic acids is 2. The molecule has 32 heavy (non-hydrogen) atoms. The Morgan fingerprint density at radius 2 is 1.75 bits per heavy atom. The smallest absolute Gasteiger partial charge is 0.321 e. The predicted octanol–water partition coefficient (Wildman–Crippen LogP) is 5.88. The first kappa shape index (κ1) is 24.0. The van der Waals surface area contributed by atoms with Gasteiger partial charge in [0, 0.05) is 28.3 Å². The van der Waals surface area contributed by atoms with Crippen LogP contribution in [-0.2, 0) is 17.6 Å². The molecule has 0 aliphatic heterocycles. The molecular formula is C25H31N3O3S. The van der Waals surface area contributed by atoms with Crippen molar-refractivity contribution < 1.29 is 9.59 Å². The number of aryl methyl sites for hydroxylation is 2. The highest BCUT2D eigenvalue weighted by Crippen LogP contribution is 2.37. The maximum atomic E-state index is 13.2. The Balaban J connectivity index is 1.74. The van der Waals surface area contributed by atoms with Gasteiger partial charge in [-0.2, -0.15) is 0 Å².